The van der Waals surface area contributed by atoms with Crippen LogP contribution in [0.1, 0.15) is 45.9 Å². The number of phenolic OH excluding ortho intramolecular Hbond substituents is 2. The number of benzene rings is 2. The molecule has 16 nitrogen and oxygen atoms in total. The number of carboxylic acids is 1. The monoisotopic (exact) mass is 744 g/mol. The molecule has 2 fully saturated rings. The lowest BCUT2D eigenvalue weighted by molar-refractivity contribution is -0.123. The van der Waals surface area contributed by atoms with Gasteiger partial charge in [-0.15, -0.1) is 0 Å². The van der Waals surface area contributed by atoms with Gasteiger partial charge in [0.15, 0.2) is 17.3 Å². The van der Waals surface area contributed by atoms with E-state index < -0.39 is 88.1 Å². The molecular weight excluding hydrogens is 713 g/mol. The number of piperidine rings is 1. The third-order valence-corrected chi connectivity index (χ3v) is 9.66. The first-order chi connectivity index (χ1) is 24.7. The molecule has 0 saturated carbocycles. The van der Waals surface area contributed by atoms with Crippen molar-refractivity contribution >= 4 is 42.7 Å². The lowest BCUT2D eigenvalue weighted by Crippen LogP contribution is -2.56. The van der Waals surface area contributed by atoms with E-state index in [2.05, 4.69) is 20.5 Å². The van der Waals surface area contributed by atoms with Crippen LogP contribution in [0.3, 0.4) is 0 Å². The largest absolute Gasteiger partial charge is 0.547 e. The number of aromatic hydroxyl groups is 3. The van der Waals surface area contributed by atoms with E-state index in [0.29, 0.717) is 38.5 Å². The molecule has 3 aromatic rings. The lowest BCUT2D eigenvalue weighted by atomic mass is 9.72. The predicted octanol–water partition coefficient (Wildman–Crippen LogP) is 2.12. The van der Waals surface area contributed by atoms with E-state index >= 15 is 0 Å². The van der Waals surface area contributed by atoms with Gasteiger partial charge >= 0.3 is 25.1 Å². The zero-order valence-electron chi connectivity index (χ0n) is 27.1. The number of carboxylic acid groups (broad SMARTS) is 1. The van der Waals surface area contributed by atoms with Gasteiger partial charge < -0.3 is 45.6 Å². The topological polar surface area (TPSA) is 225 Å². The number of aromatic carboxylic acids is 1. The number of amides is 5. The average Bonchev–Trinajstić information content (AvgIpc) is 3.49. The third kappa shape index (κ3) is 7.19. The molecule has 20 heteroatoms. The number of aromatic nitrogens is 1. The Hall–Kier alpha value is -5.40. The number of urea groups is 2. The molecular formula is C32H32BClF2N6O10. The van der Waals surface area contributed by atoms with E-state index in [1.807, 2.05) is 0 Å². The molecule has 0 radical (unpaired) electrons. The van der Waals surface area contributed by atoms with Crippen molar-refractivity contribution in [3.63, 3.8) is 0 Å². The van der Waals surface area contributed by atoms with E-state index in [0.717, 1.165) is 16.5 Å². The molecule has 2 aromatic carbocycles. The minimum Gasteiger partial charge on any atom is -0.534 e. The van der Waals surface area contributed by atoms with Crippen molar-refractivity contribution in [2.24, 2.45) is 0 Å². The summed E-state index contributed by atoms with van der Waals surface area (Å²) >= 11 is 6.19. The Labute approximate surface area is 299 Å². The number of nitrogens with zero attached hydrogens (tertiary/aromatic N) is 4. The number of imide groups is 1. The molecule has 2 atom stereocenters. The maximum Gasteiger partial charge on any atom is 0.547 e. The van der Waals surface area contributed by atoms with Crippen molar-refractivity contribution in [1.82, 2.24) is 30.3 Å². The number of pyridine rings is 1. The number of hydrogen-bond acceptors (Lipinski definition) is 11. The summed E-state index contributed by atoms with van der Waals surface area (Å²) in [5.74, 6) is -9.34. The van der Waals surface area contributed by atoms with Crippen LogP contribution in [-0.2, 0) is 17.8 Å². The summed E-state index contributed by atoms with van der Waals surface area (Å²) in [4.78, 5) is 61.0. The van der Waals surface area contributed by atoms with Gasteiger partial charge in [-0.2, -0.15) is 0 Å². The van der Waals surface area contributed by atoms with Crippen molar-refractivity contribution in [2.75, 3.05) is 26.2 Å². The molecule has 3 aliphatic heterocycles. The Bertz CT molecular complexity index is 1940. The second kappa shape index (κ2) is 14.7. The summed E-state index contributed by atoms with van der Waals surface area (Å²) in [7, 11) is -1.91. The van der Waals surface area contributed by atoms with Crippen LogP contribution in [0, 0.1) is 11.6 Å². The molecule has 1 unspecified atom stereocenters. The SMILES string of the molecule is O=C(O)c1c(F)ccc2c1OB(O)[C@@H](NC(=O)C(NC(=O)N1CCN(C3CCN(Cc4cncc(O)c4)CC3)C1=O)c1cc(F)c(O)c(O)c1Cl)C2. The molecule has 52 heavy (non-hydrogen) atoms. The highest BCUT2D eigenvalue weighted by atomic mass is 35.5. The van der Waals surface area contributed by atoms with Gasteiger partial charge in [0.25, 0.3) is 0 Å². The summed E-state index contributed by atoms with van der Waals surface area (Å²) in [6, 6.07) is 0.461. The summed E-state index contributed by atoms with van der Waals surface area (Å²) in [6.45, 7) is 1.92. The van der Waals surface area contributed by atoms with E-state index in [1.165, 1.54) is 12.3 Å². The molecule has 2 saturated heterocycles. The number of phenols is 2. The molecule has 6 rings (SSSR count). The van der Waals surface area contributed by atoms with E-state index in [9.17, 15) is 53.4 Å². The second-order valence-electron chi connectivity index (χ2n) is 12.6. The van der Waals surface area contributed by atoms with Gasteiger partial charge in [-0.05, 0) is 48.6 Å². The highest BCUT2D eigenvalue weighted by molar-refractivity contribution is 6.47. The van der Waals surface area contributed by atoms with E-state index in [1.54, 1.807) is 17.2 Å². The zero-order chi connectivity index (χ0) is 37.4. The number of carbonyl (C=O) groups excluding carboxylic acids is 3. The summed E-state index contributed by atoms with van der Waals surface area (Å²) < 4.78 is 34.1. The van der Waals surface area contributed by atoms with Crippen molar-refractivity contribution in [3.05, 3.63) is 75.6 Å². The number of carbonyl (C=O) groups is 4. The first kappa shape index (κ1) is 36.4. The van der Waals surface area contributed by atoms with Crippen LogP contribution in [-0.4, -0.2) is 114 Å². The van der Waals surface area contributed by atoms with Gasteiger partial charge in [0.05, 0.1) is 17.2 Å². The first-order valence-electron chi connectivity index (χ1n) is 16.1. The molecule has 274 valence electrons. The quantitative estimate of drug-likeness (QED) is 0.130. The highest BCUT2D eigenvalue weighted by Gasteiger charge is 2.43. The molecule has 0 spiro atoms. The fourth-order valence-electron chi connectivity index (χ4n) is 6.63. The fourth-order valence-corrected chi connectivity index (χ4v) is 6.89. The van der Waals surface area contributed by atoms with Crippen molar-refractivity contribution in [1.29, 1.82) is 0 Å². The first-order valence-corrected chi connectivity index (χ1v) is 16.4. The molecule has 0 bridgehead atoms. The number of rotatable bonds is 8. The van der Waals surface area contributed by atoms with Crippen LogP contribution < -0.4 is 15.3 Å². The standard InChI is InChI=1S/C32H32BClF2N6O10/c34-24-19(11-21(36)26(44)27(24)45)25(29(46)38-22-10-16-1-2-20(35)23(30(47)48)28(16)52-33(22)51)39-31(49)42-8-7-41(32(42)50)17-3-5-40(6-4-17)14-15-9-18(43)13-37-12-15/h1-2,9,11-13,17,22,25,43-45,51H,3-8,10,14H2,(H,38,46)(H,39,49)(H,47,48)/t22-,25?/m0/s1. The smallest absolute Gasteiger partial charge is 0.534 e. The van der Waals surface area contributed by atoms with Gasteiger partial charge in [-0.25, -0.2) is 28.1 Å². The van der Waals surface area contributed by atoms with Crippen molar-refractivity contribution in [3.8, 4) is 23.0 Å². The van der Waals surface area contributed by atoms with Crippen LogP contribution >= 0.6 is 11.6 Å². The normalized spacial score (nSPS) is 18.5. The van der Waals surface area contributed by atoms with Gasteiger partial charge in [-0.3, -0.25) is 14.7 Å². The number of hydrogen-bond donors (Lipinski definition) is 7. The van der Waals surface area contributed by atoms with Crippen molar-refractivity contribution < 1.29 is 58.1 Å². The molecule has 4 heterocycles. The van der Waals surface area contributed by atoms with Crippen LogP contribution in [0.4, 0.5) is 18.4 Å². The summed E-state index contributed by atoms with van der Waals surface area (Å²) in [5.41, 5.74) is -0.391. The Morgan fingerprint density at radius 2 is 1.77 bits per heavy atom. The van der Waals surface area contributed by atoms with Crippen LogP contribution in [0.15, 0.2) is 36.7 Å². The number of nitrogens with one attached hydrogen (secondary N) is 2. The minimum absolute atomic E-state index is 0.0584. The number of fused-ring (bicyclic) bond motifs is 1. The Kier molecular flexibility index (Phi) is 10.3. The maximum absolute atomic E-state index is 14.6. The van der Waals surface area contributed by atoms with Gasteiger partial charge in [0.2, 0.25) is 5.91 Å². The average molecular weight is 745 g/mol. The number of likely N-dealkylation sites (tertiary alicyclic amines) is 1. The van der Waals surface area contributed by atoms with Gasteiger partial charge in [0, 0.05) is 50.5 Å². The maximum atomic E-state index is 14.6. The van der Waals surface area contributed by atoms with Crippen LogP contribution in [0.5, 0.6) is 23.0 Å². The highest BCUT2D eigenvalue weighted by Crippen LogP contribution is 2.41. The Morgan fingerprint density at radius 1 is 1.04 bits per heavy atom. The minimum atomic E-state index is -1.92. The summed E-state index contributed by atoms with van der Waals surface area (Å²) in [5, 5.41) is 53.9. The van der Waals surface area contributed by atoms with E-state index in [4.69, 9.17) is 16.3 Å². The lowest BCUT2D eigenvalue weighted by Gasteiger charge is -2.36. The number of halogens is 3. The van der Waals surface area contributed by atoms with Gasteiger partial charge in [-0.1, -0.05) is 17.7 Å². The Balaban J connectivity index is 1.17. The van der Waals surface area contributed by atoms with Crippen molar-refractivity contribution in [2.45, 2.75) is 43.8 Å². The third-order valence-electron chi connectivity index (χ3n) is 9.26. The predicted molar refractivity (Wildman–Crippen MR) is 177 cm³/mol. The molecule has 1 aromatic heterocycles. The molecule has 3 aliphatic rings. The zero-order valence-corrected chi connectivity index (χ0v) is 27.9. The second-order valence-corrected chi connectivity index (χ2v) is 12.9. The molecule has 5 amide bonds. The van der Waals surface area contributed by atoms with Crippen LogP contribution in [0.2, 0.25) is 5.02 Å². The molecule has 7 N–H and O–H groups in total. The van der Waals surface area contributed by atoms with E-state index in [-0.39, 0.29) is 36.9 Å². The van der Waals surface area contributed by atoms with Crippen LogP contribution in [0.25, 0.3) is 0 Å². The fraction of sp³-hybridized carbons (Fsp3) is 0.344. The molecule has 0 aliphatic carbocycles. The summed E-state index contributed by atoms with van der Waals surface area (Å²) in [6.07, 6.45) is 3.91. The Morgan fingerprint density at radius 3 is 2.46 bits per heavy atom. The van der Waals surface area contributed by atoms with Gasteiger partial charge in [0.1, 0.15) is 28.9 Å².